The lowest BCUT2D eigenvalue weighted by Gasteiger charge is -2.16. The average molecular weight is 281 g/mol. The molecule has 0 bridgehead atoms. The van der Waals surface area contributed by atoms with Gasteiger partial charge in [0, 0.05) is 11.6 Å². The van der Waals surface area contributed by atoms with Crippen LogP contribution in [0.5, 0.6) is 5.75 Å². The quantitative estimate of drug-likeness (QED) is 0.835. The molecule has 1 aliphatic heterocycles. The maximum atomic E-state index is 12.8. The Morgan fingerprint density at radius 2 is 2.17 bits per heavy atom. The highest BCUT2D eigenvalue weighted by Crippen LogP contribution is 2.37. The lowest BCUT2D eigenvalue weighted by atomic mass is 10.2. The van der Waals surface area contributed by atoms with Crippen LogP contribution in [0.1, 0.15) is 18.4 Å². The largest absolute Gasteiger partial charge is 0.490 e. The second-order valence-corrected chi connectivity index (χ2v) is 4.52. The van der Waals surface area contributed by atoms with E-state index in [1.165, 1.54) is 12.1 Å². The van der Waals surface area contributed by atoms with Gasteiger partial charge in [0.15, 0.2) is 0 Å². The molecular weight excluding hydrogens is 269 g/mol. The average Bonchev–Trinajstić information content (AvgIpc) is 2.79. The molecule has 0 aliphatic carbocycles. The molecule has 2 nitrogen and oxygen atoms in total. The van der Waals surface area contributed by atoms with Crippen molar-refractivity contribution >= 4 is 11.6 Å². The van der Waals surface area contributed by atoms with Crippen molar-refractivity contribution in [2.24, 2.45) is 0 Å². The Labute approximate surface area is 108 Å². The van der Waals surface area contributed by atoms with E-state index in [1.54, 1.807) is 0 Å². The van der Waals surface area contributed by atoms with Crippen LogP contribution in [0.2, 0.25) is 5.02 Å². The van der Waals surface area contributed by atoms with Crippen LogP contribution in [0.15, 0.2) is 18.2 Å². The summed E-state index contributed by atoms with van der Waals surface area (Å²) in [5.41, 5.74) is -0.854. The van der Waals surface area contributed by atoms with Crippen molar-refractivity contribution in [2.45, 2.75) is 25.1 Å². The molecule has 0 aromatic heterocycles. The minimum Gasteiger partial charge on any atom is -0.490 e. The van der Waals surface area contributed by atoms with E-state index >= 15 is 0 Å². The Bertz CT molecular complexity index is 414. The van der Waals surface area contributed by atoms with Crippen LogP contribution in [-0.4, -0.2) is 19.3 Å². The molecule has 100 valence electrons. The van der Waals surface area contributed by atoms with Crippen LogP contribution in [0.25, 0.3) is 0 Å². The minimum atomic E-state index is -4.48. The third kappa shape index (κ3) is 3.29. The summed E-state index contributed by atoms with van der Waals surface area (Å²) in [5.74, 6) is -0.206. The van der Waals surface area contributed by atoms with Crippen LogP contribution in [-0.2, 0) is 10.9 Å². The van der Waals surface area contributed by atoms with Crippen molar-refractivity contribution in [1.82, 2.24) is 0 Å². The normalized spacial score (nSPS) is 20.1. The number of ether oxygens (including phenoxy) is 2. The number of halogens is 4. The van der Waals surface area contributed by atoms with Gasteiger partial charge in [-0.15, -0.1) is 0 Å². The van der Waals surface area contributed by atoms with Crippen molar-refractivity contribution in [3.63, 3.8) is 0 Å². The molecule has 0 saturated carbocycles. The highest BCUT2D eigenvalue weighted by atomic mass is 35.5. The van der Waals surface area contributed by atoms with Gasteiger partial charge in [-0.05, 0) is 31.0 Å². The molecule has 1 atom stereocenters. The van der Waals surface area contributed by atoms with E-state index in [1.807, 2.05) is 0 Å². The van der Waals surface area contributed by atoms with Gasteiger partial charge in [-0.25, -0.2) is 0 Å². The lowest BCUT2D eigenvalue weighted by Crippen LogP contribution is -2.18. The molecule has 1 aliphatic rings. The zero-order chi connectivity index (χ0) is 13.2. The summed E-state index contributed by atoms with van der Waals surface area (Å²) in [4.78, 5) is 0. The van der Waals surface area contributed by atoms with Gasteiger partial charge in [-0.2, -0.15) is 13.2 Å². The summed E-state index contributed by atoms with van der Waals surface area (Å²) in [5, 5.41) is 0.0341. The lowest BCUT2D eigenvalue weighted by molar-refractivity contribution is -0.139. The Kier molecular flexibility index (Phi) is 4.02. The third-order valence-electron chi connectivity index (χ3n) is 2.70. The van der Waals surface area contributed by atoms with E-state index < -0.39 is 11.7 Å². The zero-order valence-electron chi connectivity index (χ0n) is 9.47. The van der Waals surface area contributed by atoms with Crippen LogP contribution < -0.4 is 4.74 Å². The van der Waals surface area contributed by atoms with E-state index in [0.717, 1.165) is 18.9 Å². The van der Waals surface area contributed by atoms with Crippen molar-refractivity contribution < 1.29 is 22.6 Å². The fourth-order valence-electron chi connectivity index (χ4n) is 1.81. The van der Waals surface area contributed by atoms with Gasteiger partial charge in [0.1, 0.15) is 12.4 Å². The van der Waals surface area contributed by atoms with Gasteiger partial charge in [0.05, 0.1) is 11.7 Å². The smallest absolute Gasteiger partial charge is 0.420 e. The molecule has 1 saturated heterocycles. The summed E-state index contributed by atoms with van der Waals surface area (Å²) in [6.45, 7) is 0.769. The summed E-state index contributed by atoms with van der Waals surface area (Å²) >= 11 is 5.57. The minimum absolute atomic E-state index is 0.0341. The molecule has 0 radical (unpaired) electrons. The number of rotatable bonds is 3. The Hall–Kier alpha value is -0.940. The fourth-order valence-corrected chi connectivity index (χ4v) is 1.98. The molecular formula is C12H12ClF3O2. The van der Waals surface area contributed by atoms with Gasteiger partial charge in [-0.1, -0.05) is 11.6 Å². The van der Waals surface area contributed by atoms with Crippen LogP contribution in [0.3, 0.4) is 0 Å². The summed E-state index contributed by atoms with van der Waals surface area (Å²) in [6.07, 6.45) is -2.87. The molecule has 0 N–H and O–H groups in total. The molecule has 1 aromatic carbocycles. The molecule has 1 aromatic rings. The molecule has 1 heterocycles. The molecule has 18 heavy (non-hydrogen) atoms. The maximum Gasteiger partial charge on any atom is 0.420 e. The monoisotopic (exact) mass is 280 g/mol. The first-order valence-corrected chi connectivity index (χ1v) is 5.96. The Balaban J connectivity index is 2.11. The first-order chi connectivity index (χ1) is 8.47. The van der Waals surface area contributed by atoms with Gasteiger partial charge in [0.25, 0.3) is 0 Å². The van der Waals surface area contributed by atoms with Gasteiger partial charge in [-0.3, -0.25) is 0 Å². The predicted molar refractivity (Wildman–Crippen MR) is 60.9 cm³/mol. The Morgan fingerprint density at radius 3 is 2.78 bits per heavy atom. The van der Waals surface area contributed by atoms with Crippen LogP contribution in [0.4, 0.5) is 13.2 Å². The topological polar surface area (TPSA) is 18.5 Å². The van der Waals surface area contributed by atoms with E-state index in [4.69, 9.17) is 21.1 Å². The summed E-state index contributed by atoms with van der Waals surface area (Å²) in [6, 6.07) is 3.48. The van der Waals surface area contributed by atoms with E-state index in [2.05, 4.69) is 0 Å². The standard InChI is InChI=1S/C12H12ClF3O2/c13-8-3-4-11(10(6-8)12(14,15)16)18-7-9-2-1-5-17-9/h3-4,6,9H,1-2,5,7H2/t9-/m1/s1. The second kappa shape index (κ2) is 5.36. The number of hydrogen-bond donors (Lipinski definition) is 0. The predicted octanol–water partition coefficient (Wildman–Crippen LogP) is 3.92. The molecule has 2 rings (SSSR count). The van der Waals surface area contributed by atoms with Crippen molar-refractivity contribution in [3.8, 4) is 5.75 Å². The van der Waals surface area contributed by atoms with Crippen molar-refractivity contribution in [2.75, 3.05) is 13.2 Å². The maximum absolute atomic E-state index is 12.8. The zero-order valence-corrected chi connectivity index (χ0v) is 10.2. The first-order valence-electron chi connectivity index (χ1n) is 5.58. The second-order valence-electron chi connectivity index (χ2n) is 4.08. The molecule has 0 spiro atoms. The van der Waals surface area contributed by atoms with E-state index in [-0.39, 0.29) is 23.5 Å². The SMILES string of the molecule is FC(F)(F)c1cc(Cl)ccc1OC[C@H]1CCCO1. The van der Waals surface area contributed by atoms with Gasteiger partial charge in [0.2, 0.25) is 0 Å². The summed E-state index contributed by atoms with van der Waals surface area (Å²) in [7, 11) is 0. The third-order valence-corrected chi connectivity index (χ3v) is 2.93. The van der Waals surface area contributed by atoms with Gasteiger partial charge < -0.3 is 9.47 Å². The first kappa shape index (κ1) is 13.5. The van der Waals surface area contributed by atoms with Crippen molar-refractivity contribution in [1.29, 1.82) is 0 Å². The number of hydrogen-bond acceptors (Lipinski definition) is 2. The Morgan fingerprint density at radius 1 is 1.39 bits per heavy atom. The highest BCUT2D eigenvalue weighted by Gasteiger charge is 2.35. The number of benzene rings is 1. The number of alkyl halides is 3. The van der Waals surface area contributed by atoms with Crippen LogP contribution in [0, 0.1) is 0 Å². The van der Waals surface area contributed by atoms with E-state index in [0.29, 0.717) is 6.61 Å². The molecule has 6 heteroatoms. The van der Waals surface area contributed by atoms with Gasteiger partial charge >= 0.3 is 6.18 Å². The molecule has 0 unspecified atom stereocenters. The van der Waals surface area contributed by atoms with Crippen molar-refractivity contribution in [3.05, 3.63) is 28.8 Å². The van der Waals surface area contributed by atoms with E-state index in [9.17, 15) is 13.2 Å². The summed E-state index contributed by atoms with van der Waals surface area (Å²) < 4.78 is 48.8. The molecule has 1 fully saturated rings. The highest BCUT2D eigenvalue weighted by molar-refractivity contribution is 6.30. The fraction of sp³-hybridized carbons (Fsp3) is 0.500. The van der Waals surface area contributed by atoms with Crippen LogP contribution >= 0.6 is 11.6 Å². The molecule has 0 amide bonds.